The molecule has 0 aromatic heterocycles. The Labute approximate surface area is 145 Å². The van der Waals surface area contributed by atoms with E-state index in [0.717, 1.165) is 19.3 Å². The van der Waals surface area contributed by atoms with Gasteiger partial charge in [0, 0.05) is 0 Å². The van der Waals surface area contributed by atoms with Crippen LogP contribution in [-0.4, -0.2) is 0 Å². The number of allylic oxidation sites excluding steroid dienone is 5. The summed E-state index contributed by atoms with van der Waals surface area (Å²) in [7, 11) is 0. The van der Waals surface area contributed by atoms with Crippen LogP contribution in [-0.2, 0) is 6.42 Å². The molecule has 4 rings (SSSR count). The molecule has 0 saturated heterocycles. The lowest BCUT2D eigenvalue weighted by atomic mass is 9.93. The fraction of sp³-hybridized carbons (Fsp3) is 0.250. The molecule has 1 unspecified atom stereocenters. The lowest BCUT2D eigenvalue weighted by molar-refractivity contribution is 0.828. The van der Waals surface area contributed by atoms with Gasteiger partial charge in [0.25, 0.3) is 0 Å². The van der Waals surface area contributed by atoms with Gasteiger partial charge < -0.3 is 0 Å². The highest BCUT2D eigenvalue weighted by Gasteiger charge is 2.23. The molecule has 0 amide bonds. The fourth-order valence-electron chi connectivity index (χ4n) is 4.13. The Morgan fingerprint density at radius 1 is 1.00 bits per heavy atom. The number of fused-ring (bicyclic) bond motifs is 1. The van der Waals surface area contributed by atoms with Crippen LogP contribution in [0.1, 0.15) is 60.4 Å². The Hall–Kier alpha value is -2.34. The van der Waals surface area contributed by atoms with Crippen molar-refractivity contribution in [3.63, 3.8) is 0 Å². The molecule has 0 heteroatoms. The highest BCUT2D eigenvalue weighted by molar-refractivity contribution is 5.88. The second kappa shape index (κ2) is 5.94. The molecule has 0 radical (unpaired) electrons. The topological polar surface area (TPSA) is 0 Å². The molecule has 1 atom stereocenters. The third kappa shape index (κ3) is 2.47. The van der Waals surface area contributed by atoms with Crippen molar-refractivity contribution in [3.05, 3.63) is 89.0 Å². The van der Waals surface area contributed by atoms with Gasteiger partial charge in [-0.2, -0.15) is 0 Å². The van der Waals surface area contributed by atoms with Gasteiger partial charge in [-0.05, 0) is 75.8 Å². The molecule has 0 N–H and O–H groups in total. The van der Waals surface area contributed by atoms with Crippen molar-refractivity contribution in [3.8, 4) is 0 Å². The standard InChI is InChI=1S/C24H24/c1-4-18-7-5-6-8-23(18)21-10-9-19(14-21)20-11-12-22-16(2)13-17(3)24(22)15-20/h5-12,15-16H,3-4,13-14H2,1-2H3. The minimum absolute atomic E-state index is 0.615. The Balaban J connectivity index is 1.61. The quantitative estimate of drug-likeness (QED) is 0.596. The third-order valence-electron chi connectivity index (χ3n) is 5.50. The van der Waals surface area contributed by atoms with Gasteiger partial charge in [0.05, 0.1) is 0 Å². The first-order chi connectivity index (χ1) is 11.7. The predicted molar refractivity (Wildman–Crippen MR) is 105 cm³/mol. The molecule has 2 aromatic rings. The van der Waals surface area contributed by atoms with Crippen molar-refractivity contribution in [1.82, 2.24) is 0 Å². The van der Waals surface area contributed by atoms with Crippen molar-refractivity contribution in [2.45, 2.75) is 39.0 Å². The molecule has 120 valence electrons. The monoisotopic (exact) mass is 312 g/mol. The van der Waals surface area contributed by atoms with Crippen molar-refractivity contribution in [2.24, 2.45) is 0 Å². The van der Waals surface area contributed by atoms with Crippen LogP contribution in [0.3, 0.4) is 0 Å². The van der Waals surface area contributed by atoms with Gasteiger partial charge in [-0.25, -0.2) is 0 Å². The smallest absolute Gasteiger partial charge is 0.00138 e. The fourth-order valence-corrected chi connectivity index (χ4v) is 4.13. The largest absolute Gasteiger partial charge is 0.0952 e. The molecular formula is C24H24. The number of aryl methyl sites for hydroxylation is 1. The third-order valence-corrected chi connectivity index (χ3v) is 5.50. The van der Waals surface area contributed by atoms with E-state index in [-0.39, 0.29) is 0 Å². The minimum Gasteiger partial charge on any atom is -0.0952 e. The summed E-state index contributed by atoms with van der Waals surface area (Å²) in [4.78, 5) is 0. The molecule has 2 aliphatic carbocycles. The predicted octanol–water partition coefficient (Wildman–Crippen LogP) is 6.64. The summed E-state index contributed by atoms with van der Waals surface area (Å²) in [5.74, 6) is 0.615. The highest BCUT2D eigenvalue weighted by atomic mass is 14.3. The van der Waals surface area contributed by atoms with E-state index in [1.54, 1.807) is 0 Å². The lowest BCUT2D eigenvalue weighted by Gasteiger charge is -2.12. The molecule has 2 aromatic carbocycles. The van der Waals surface area contributed by atoms with E-state index >= 15 is 0 Å². The van der Waals surface area contributed by atoms with E-state index in [0.29, 0.717) is 5.92 Å². The van der Waals surface area contributed by atoms with E-state index in [2.05, 4.69) is 75.0 Å². The van der Waals surface area contributed by atoms with E-state index in [9.17, 15) is 0 Å². The first-order valence-corrected chi connectivity index (χ1v) is 8.98. The molecule has 0 fully saturated rings. The molecule has 0 nitrogen and oxygen atoms in total. The van der Waals surface area contributed by atoms with Gasteiger partial charge in [0.15, 0.2) is 0 Å². The Morgan fingerprint density at radius 2 is 1.79 bits per heavy atom. The normalized spacial score (nSPS) is 19.2. The summed E-state index contributed by atoms with van der Waals surface area (Å²) in [6, 6.07) is 15.8. The summed E-state index contributed by atoms with van der Waals surface area (Å²) in [6.45, 7) is 8.80. The first kappa shape index (κ1) is 15.2. The summed E-state index contributed by atoms with van der Waals surface area (Å²) in [5.41, 5.74) is 11.2. The maximum atomic E-state index is 4.27. The molecule has 24 heavy (non-hydrogen) atoms. The molecule has 0 spiro atoms. The van der Waals surface area contributed by atoms with Crippen LogP contribution in [0.25, 0.3) is 16.7 Å². The van der Waals surface area contributed by atoms with Gasteiger partial charge in [-0.15, -0.1) is 0 Å². The Morgan fingerprint density at radius 3 is 2.62 bits per heavy atom. The Kier molecular flexibility index (Phi) is 3.76. The second-order valence-corrected chi connectivity index (χ2v) is 7.08. The molecular weight excluding hydrogens is 288 g/mol. The minimum atomic E-state index is 0.615. The molecule has 0 aliphatic heterocycles. The van der Waals surface area contributed by atoms with Crippen LogP contribution in [0.5, 0.6) is 0 Å². The maximum Gasteiger partial charge on any atom is -0.00138 e. The van der Waals surface area contributed by atoms with Gasteiger partial charge in [-0.1, -0.05) is 69.0 Å². The van der Waals surface area contributed by atoms with Gasteiger partial charge in [0.2, 0.25) is 0 Å². The zero-order valence-electron chi connectivity index (χ0n) is 14.6. The van der Waals surface area contributed by atoms with Crippen LogP contribution in [0.15, 0.2) is 61.2 Å². The molecule has 0 heterocycles. The zero-order chi connectivity index (χ0) is 16.7. The van der Waals surface area contributed by atoms with E-state index in [1.807, 2.05) is 0 Å². The van der Waals surface area contributed by atoms with Crippen LogP contribution in [0.4, 0.5) is 0 Å². The van der Waals surface area contributed by atoms with Crippen molar-refractivity contribution >= 4 is 16.7 Å². The average Bonchev–Trinajstić information content (AvgIpc) is 3.20. The summed E-state index contributed by atoms with van der Waals surface area (Å²) in [5, 5.41) is 0. The Bertz CT molecular complexity index is 877. The highest BCUT2D eigenvalue weighted by Crippen LogP contribution is 2.42. The number of rotatable bonds is 3. The van der Waals surface area contributed by atoms with Crippen LogP contribution in [0, 0.1) is 0 Å². The summed E-state index contributed by atoms with van der Waals surface area (Å²) < 4.78 is 0. The van der Waals surface area contributed by atoms with Gasteiger partial charge in [-0.3, -0.25) is 0 Å². The number of hydrogen-bond acceptors (Lipinski definition) is 0. The van der Waals surface area contributed by atoms with Crippen molar-refractivity contribution in [1.29, 1.82) is 0 Å². The van der Waals surface area contributed by atoms with E-state index < -0.39 is 0 Å². The number of benzene rings is 2. The van der Waals surface area contributed by atoms with Gasteiger partial charge >= 0.3 is 0 Å². The van der Waals surface area contributed by atoms with Crippen LogP contribution < -0.4 is 0 Å². The number of hydrogen-bond donors (Lipinski definition) is 0. The van der Waals surface area contributed by atoms with Crippen molar-refractivity contribution in [2.75, 3.05) is 0 Å². The first-order valence-electron chi connectivity index (χ1n) is 8.98. The summed E-state index contributed by atoms with van der Waals surface area (Å²) >= 11 is 0. The van der Waals surface area contributed by atoms with E-state index in [1.165, 1.54) is 44.5 Å². The van der Waals surface area contributed by atoms with Crippen LogP contribution >= 0.6 is 0 Å². The van der Waals surface area contributed by atoms with E-state index in [4.69, 9.17) is 0 Å². The van der Waals surface area contributed by atoms with Crippen LogP contribution in [0.2, 0.25) is 0 Å². The SMILES string of the molecule is C=C1CC(C)c2ccc(C3=CC=C(c4ccccc4CC)C3)cc21. The molecule has 2 aliphatic rings. The maximum absolute atomic E-state index is 4.27. The lowest BCUT2D eigenvalue weighted by Crippen LogP contribution is -1.92. The average molecular weight is 312 g/mol. The van der Waals surface area contributed by atoms with Gasteiger partial charge in [0.1, 0.15) is 0 Å². The molecule has 0 bridgehead atoms. The summed E-state index contributed by atoms with van der Waals surface area (Å²) in [6.07, 6.45) is 7.81. The zero-order valence-corrected chi connectivity index (χ0v) is 14.6. The molecule has 0 saturated carbocycles. The second-order valence-electron chi connectivity index (χ2n) is 7.08. The van der Waals surface area contributed by atoms with Crippen molar-refractivity contribution < 1.29 is 0 Å².